The maximum absolute atomic E-state index is 13.7. The first-order chi connectivity index (χ1) is 24.2. The molecule has 3 amide bonds. The number of hydrogen-bond acceptors (Lipinski definition) is 8. The Morgan fingerprint density at radius 2 is 1.34 bits per heavy atom. The summed E-state index contributed by atoms with van der Waals surface area (Å²) in [5.74, 6) is -0.302. The minimum absolute atomic E-state index is 0.0684. The molecule has 5 rings (SSSR count). The number of amides is 3. The number of non-ortho nitro benzene ring substituents is 1. The third-order valence-electron chi connectivity index (χ3n) is 7.27. The fourth-order valence-corrected chi connectivity index (χ4v) is 5.77. The van der Waals surface area contributed by atoms with E-state index in [4.69, 9.17) is 9.47 Å². The average molecular weight is 689 g/mol. The van der Waals surface area contributed by atoms with Gasteiger partial charge < -0.3 is 25.4 Å². The number of methoxy groups -OCH3 is 2. The number of thioether (sulfide) groups is 1. The summed E-state index contributed by atoms with van der Waals surface area (Å²) in [4.78, 5) is 51.4. The first-order valence-corrected chi connectivity index (χ1v) is 16.1. The quantitative estimate of drug-likeness (QED) is 0.0499. The maximum Gasteiger partial charge on any atom is 0.272 e. The van der Waals surface area contributed by atoms with Crippen LogP contribution in [0.4, 0.5) is 17.1 Å². The molecule has 0 bridgehead atoms. The van der Waals surface area contributed by atoms with Gasteiger partial charge in [0, 0.05) is 52.2 Å². The Morgan fingerprint density at radius 3 is 1.92 bits per heavy atom. The van der Waals surface area contributed by atoms with Gasteiger partial charge in [-0.2, -0.15) is 0 Å². The number of nitrogens with zero attached hydrogens (tertiary/aromatic N) is 1. The highest BCUT2D eigenvalue weighted by Gasteiger charge is 2.23. The van der Waals surface area contributed by atoms with Crippen molar-refractivity contribution >= 4 is 52.6 Å². The fraction of sp³-hybridized carbons (Fsp3) is 0.0789. The Labute approximate surface area is 292 Å². The topological polar surface area (TPSA) is 149 Å². The highest BCUT2D eigenvalue weighted by Crippen LogP contribution is 2.37. The van der Waals surface area contributed by atoms with Crippen molar-refractivity contribution in [2.45, 2.75) is 10.1 Å². The van der Waals surface area contributed by atoms with Crippen molar-refractivity contribution in [1.82, 2.24) is 5.32 Å². The number of hydrogen-bond donors (Lipinski definition) is 3. The number of carbonyl (C=O) groups is 3. The zero-order chi connectivity index (χ0) is 35.5. The monoisotopic (exact) mass is 688 g/mol. The Balaban J connectivity index is 1.34. The van der Waals surface area contributed by atoms with Gasteiger partial charge in [0.2, 0.25) is 5.91 Å². The summed E-state index contributed by atoms with van der Waals surface area (Å²) < 4.78 is 10.7. The summed E-state index contributed by atoms with van der Waals surface area (Å²) in [5.41, 5.74) is 2.39. The van der Waals surface area contributed by atoms with E-state index in [1.165, 1.54) is 56.3 Å². The van der Waals surface area contributed by atoms with E-state index in [2.05, 4.69) is 16.0 Å². The van der Waals surface area contributed by atoms with Gasteiger partial charge in [-0.05, 0) is 65.7 Å². The van der Waals surface area contributed by atoms with Crippen LogP contribution >= 0.6 is 11.8 Å². The van der Waals surface area contributed by atoms with E-state index in [-0.39, 0.29) is 17.3 Å². The predicted molar refractivity (Wildman–Crippen MR) is 193 cm³/mol. The Kier molecular flexibility index (Phi) is 11.6. The average Bonchev–Trinajstić information content (AvgIpc) is 3.14. The van der Waals surface area contributed by atoms with Crippen molar-refractivity contribution in [3.63, 3.8) is 0 Å². The lowest BCUT2D eigenvalue weighted by molar-refractivity contribution is -0.384. The van der Waals surface area contributed by atoms with Crippen molar-refractivity contribution in [2.75, 3.05) is 24.9 Å². The molecule has 0 spiro atoms. The minimum Gasteiger partial charge on any atom is -0.497 e. The normalized spacial score (nSPS) is 11.5. The van der Waals surface area contributed by atoms with Gasteiger partial charge in [-0.25, -0.2) is 0 Å². The molecule has 0 radical (unpaired) electrons. The van der Waals surface area contributed by atoms with Crippen LogP contribution in [0.3, 0.4) is 0 Å². The molecule has 0 saturated heterocycles. The van der Waals surface area contributed by atoms with Gasteiger partial charge in [0.15, 0.2) is 0 Å². The van der Waals surface area contributed by atoms with E-state index in [0.717, 1.165) is 10.5 Å². The lowest BCUT2D eigenvalue weighted by Gasteiger charge is -2.18. The molecule has 0 aliphatic carbocycles. The number of nitrogens with one attached hydrogen (secondary N) is 3. The molecular weight excluding hydrogens is 657 g/mol. The summed E-state index contributed by atoms with van der Waals surface area (Å²) in [6.07, 6.45) is 1.44. The third kappa shape index (κ3) is 9.36. The zero-order valence-electron chi connectivity index (χ0n) is 27.0. The lowest BCUT2D eigenvalue weighted by atomic mass is 10.1. The van der Waals surface area contributed by atoms with Crippen LogP contribution in [0.1, 0.15) is 26.7 Å². The minimum atomic E-state index is -0.627. The second-order valence-electron chi connectivity index (χ2n) is 10.7. The van der Waals surface area contributed by atoms with Crippen molar-refractivity contribution in [3.05, 3.63) is 160 Å². The number of carbonyl (C=O) groups excluding carboxylic acids is 3. The number of nitro groups is 1. The third-order valence-corrected chi connectivity index (χ3v) is 8.54. The number of ether oxygens (including phenoxy) is 2. The van der Waals surface area contributed by atoms with Crippen LogP contribution in [0.2, 0.25) is 0 Å². The highest BCUT2D eigenvalue weighted by molar-refractivity contribution is 8.00. The second-order valence-corrected chi connectivity index (χ2v) is 11.9. The van der Waals surface area contributed by atoms with Gasteiger partial charge in [-0.15, -0.1) is 11.8 Å². The zero-order valence-corrected chi connectivity index (χ0v) is 27.8. The van der Waals surface area contributed by atoms with Gasteiger partial charge in [0.25, 0.3) is 17.5 Å². The molecule has 0 saturated carbocycles. The first kappa shape index (κ1) is 34.9. The molecule has 0 aliphatic rings. The molecule has 0 fully saturated rings. The molecule has 0 aliphatic heterocycles. The summed E-state index contributed by atoms with van der Waals surface area (Å²) in [7, 11) is 3.07. The SMILES string of the molecule is COc1cc(NC(=O)C(Sc2ccc(NC(=O)/C(=C/c3ccc([N+](=O)[O-])cc3)NC(=O)c3ccccc3)cc2)c2ccccc2)cc(OC)c1. The van der Waals surface area contributed by atoms with Gasteiger partial charge >= 0.3 is 0 Å². The highest BCUT2D eigenvalue weighted by atomic mass is 32.2. The van der Waals surface area contributed by atoms with E-state index in [1.54, 1.807) is 72.8 Å². The lowest BCUT2D eigenvalue weighted by Crippen LogP contribution is -2.30. The number of benzene rings is 5. The summed E-state index contributed by atoms with van der Waals surface area (Å²) in [5, 5.41) is 18.9. The van der Waals surface area contributed by atoms with Crippen molar-refractivity contribution in [1.29, 1.82) is 0 Å². The summed E-state index contributed by atoms with van der Waals surface area (Å²) in [6.45, 7) is 0. The van der Waals surface area contributed by atoms with Crippen molar-refractivity contribution in [3.8, 4) is 11.5 Å². The Morgan fingerprint density at radius 1 is 0.740 bits per heavy atom. The van der Waals surface area contributed by atoms with E-state index in [0.29, 0.717) is 34.0 Å². The molecular formula is C38H32N4O7S. The Bertz CT molecular complexity index is 1980. The Hall–Kier alpha value is -6.40. The smallest absolute Gasteiger partial charge is 0.272 e. The molecule has 5 aromatic carbocycles. The second kappa shape index (κ2) is 16.6. The summed E-state index contributed by atoms with van der Waals surface area (Å²) in [6, 6.07) is 35.4. The standard InChI is InChI=1S/C38H32N4O7S/c1-48-31-22-29(23-32(24-31)49-2)40-38(45)35(26-9-5-3-6-10-26)50-33-19-15-28(16-20-33)39-37(44)34(41-36(43)27-11-7-4-8-12-27)21-25-13-17-30(18-14-25)42(46)47/h3-24,35H,1-2H3,(H,39,44)(H,40,45)(H,41,43)/b34-21-. The number of nitro benzene ring substituents is 1. The van der Waals surface area contributed by atoms with Crippen LogP contribution in [0.15, 0.2) is 138 Å². The van der Waals surface area contributed by atoms with Crippen LogP contribution in [0.5, 0.6) is 11.5 Å². The van der Waals surface area contributed by atoms with E-state index < -0.39 is 22.0 Å². The molecule has 1 atom stereocenters. The maximum atomic E-state index is 13.7. The van der Waals surface area contributed by atoms with Crippen LogP contribution in [0, 0.1) is 10.1 Å². The van der Waals surface area contributed by atoms with Crippen LogP contribution in [-0.2, 0) is 9.59 Å². The molecule has 0 heterocycles. The van der Waals surface area contributed by atoms with Gasteiger partial charge in [-0.3, -0.25) is 24.5 Å². The molecule has 3 N–H and O–H groups in total. The van der Waals surface area contributed by atoms with Gasteiger partial charge in [-0.1, -0.05) is 48.5 Å². The first-order valence-electron chi connectivity index (χ1n) is 15.2. The molecule has 252 valence electrons. The van der Waals surface area contributed by atoms with E-state index >= 15 is 0 Å². The van der Waals surface area contributed by atoms with Crippen LogP contribution in [-0.4, -0.2) is 36.9 Å². The molecule has 5 aromatic rings. The number of anilines is 2. The largest absolute Gasteiger partial charge is 0.497 e. The molecule has 0 aromatic heterocycles. The van der Waals surface area contributed by atoms with Crippen molar-refractivity contribution in [2.24, 2.45) is 0 Å². The van der Waals surface area contributed by atoms with E-state index in [9.17, 15) is 24.5 Å². The summed E-state index contributed by atoms with van der Waals surface area (Å²) >= 11 is 1.33. The predicted octanol–water partition coefficient (Wildman–Crippen LogP) is 7.49. The molecule has 50 heavy (non-hydrogen) atoms. The molecule has 11 nitrogen and oxygen atoms in total. The van der Waals surface area contributed by atoms with Crippen molar-refractivity contribution < 1.29 is 28.8 Å². The van der Waals surface area contributed by atoms with Gasteiger partial charge in [0.05, 0.1) is 19.1 Å². The molecule has 12 heteroatoms. The van der Waals surface area contributed by atoms with E-state index in [1.807, 2.05) is 30.3 Å². The van der Waals surface area contributed by atoms with Gasteiger partial charge in [0.1, 0.15) is 22.4 Å². The number of rotatable bonds is 13. The fourth-order valence-electron chi connectivity index (χ4n) is 4.74. The molecule has 1 unspecified atom stereocenters. The van der Waals surface area contributed by atoms with Crippen LogP contribution < -0.4 is 25.4 Å². The van der Waals surface area contributed by atoms with Crippen LogP contribution in [0.25, 0.3) is 6.08 Å².